The Hall–Kier alpha value is -1.63. The number of oxime groups is 1. The molecule has 2 aliphatic rings. The van der Waals surface area contributed by atoms with Crippen LogP contribution in [-0.4, -0.2) is 47.4 Å². The Morgan fingerprint density at radius 3 is 2.47 bits per heavy atom. The molecule has 0 unspecified atom stereocenters. The Kier molecular flexibility index (Phi) is 2.31. The third-order valence-electron chi connectivity index (χ3n) is 2.83. The SMILES string of the molecule is NC(CN1C[C@H]2C(=O)NC(=O)[C@@H]2C1)=NO. The lowest BCUT2D eigenvalue weighted by molar-refractivity contribution is -0.126. The largest absolute Gasteiger partial charge is 0.409 e. The second kappa shape index (κ2) is 3.50. The molecule has 2 amide bonds. The molecular weight excluding hydrogens is 200 g/mol. The number of rotatable bonds is 2. The highest BCUT2D eigenvalue weighted by Gasteiger charge is 2.47. The molecule has 0 aromatic heterocycles. The van der Waals surface area contributed by atoms with Crippen LogP contribution in [0.25, 0.3) is 0 Å². The molecule has 0 spiro atoms. The van der Waals surface area contributed by atoms with Crippen LogP contribution in [0.5, 0.6) is 0 Å². The number of fused-ring (bicyclic) bond motifs is 1. The van der Waals surface area contributed by atoms with Gasteiger partial charge in [0.2, 0.25) is 11.8 Å². The van der Waals surface area contributed by atoms with Crippen LogP contribution in [-0.2, 0) is 9.59 Å². The summed E-state index contributed by atoms with van der Waals surface area (Å²) >= 11 is 0. The fourth-order valence-corrected chi connectivity index (χ4v) is 2.11. The zero-order chi connectivity index (χ0) is 11.0. The molecule has 0 aromatic carbocycles. The maximum Gasteiger partial charge on any atom is 0.231 e. The molecule has 0 aromatic rings. The third kappa shape index (κ3) is 1.65. The van der Waals surface area contributed by atoms with E-state index >= 15 is 0 Å². The Labute approximate surface area is 85.9 Å². The summed E-state index contributed by atoms with van der Waals surface area (Å²) in [6.07, 6.45) is 0. The van der Waals surface area contributed by atoms with Crippen LogP contribution in [0.15, 0.2) is 5.16 Å². The van der Waals surface area contributed by atoms with E-state index in [-0.39, 0.29) is 36.0 Å². The topological polar surface area (TPSA) is 108 Å². The lowest BCUT2D eigenvalue weighted by Crippen LogP contribution is -2.36. The molecule has 2 saturated heterocycles. The molecular formula is C8H12N4O3. The minimum atomic E-state index is -0.274. The van der Waals surface area contributed by atoms with Crippen LogP contribution in [0.2, 0.25) is 0 Å². The number of amides is 2. The number of likely N-dealkylation sites (tertiary alicyclic amines) is 1. The normalized spacial score (nSPS) is 31.9. The molecule has 0 radical (unpaired) electrons. The van der Waals surface area contributed by atoms with Crippen molar-refractivity contribution in [3.8, 4) is 0 Å². The molecule has 7 heteroatoms. The van der Waals surface area contributed by atoms with Crippen molar-refractivity contribution in [3.05, 3.63) is 0 Å². The van der Waals surface area contributed by atoms with Crippen LogP contribution in [0, 0.1) is 11.8 Å². The predicted molar refractivity (Wildman–Crippen MR) is 50.0 cm³/mol. The maximum absolute atomic E-state index is 11.3. The van der Waals surface area contributed by atoms with Gasteiger partial charge in [-0.05, 0) is 0 Å². The Bertz CT molecular complexity index is 319. The zero-order valence-electron chi connectivity index (χ0n) is 8.01. The van der Waals surface area contributed by atoms with Gasteiger partial charge >= 0.3 is 0 Å². The number of imide groups is 1. The van der Waals surface area contributed by atoms with Gasteiger partial charge in [-0.25, -0.2) is 0 Å². The van der Waals surface area contributed by atoms with Crippen LogP contribution in [0.4, 0.5) is 0 Å². The predicted octanol–water partition coefficient (Wildman–Crippen LogP) is -2.06. The summed E-state index contributed by atoms with van der Waals surface area (Å²) in [6, 6.07) is 0. The number of hydrogen-bond donors (Lipinski definition) is 3. The third-order valence-corrected chi connectivity index (χ3v) is 2.83. The summed E-state index contributed by atoms with van der Waals surface area (Å²) < 4.78 is 0. The van der Waals surface area contributed by atoms with Crippen molar-refractivity contribution in [2.45, 2.75) is 0 Å². The number of carbonyl (C=O) groups excluding carboxylic acids is 2. The highest BCUT2D eigenvalue weighted by atomic mass is 16.4. The highest BCUT2D eigenvalue weighted by molar-refractivity contribution is 6.05. The van der Waals surface area contributed by atoms with Crippen molar-refractivity contribution < 1.29 is 14.8 Å². The number of nitrogens with zero attached hydrogens (tertiary/aromatic N) is 2. The van der Waals surface area contributed by atoms with Crippen molar-refractivity contribution >= 4 is 17.6 Å². The van der Waals surface area contributed by atoms with Crippen molar-refractivity contribution in [3.63, 3.8) is 0 Å². The van der Waals surface area contributed by atoms with Gasteiger partial charge in [0.05, 0.1) is 18.4 Å². The van der Waals surface area contributed by atoms with E-state index in [2.05, 4.69) is 10.5 Å². The first kappa shape index (κ1) is 9.91. The average Bonchev–Trinajstić information content (AvgIpc) is 2.70. The molecule has 2 heterocycles. The molecule has 15 heavy (non-hydrogen) atoms. The number of nitrogens with one attached hydrogen (secondary N) is 1. The lowest BCUT2D eigenvalue weighted by Gasteiger charge is -2.14. The van der Waals surface area contributed by atoms with Crippen molar-refractivity contribution in [1.29, 1.82) is 0 Å². The first-order valence-corrected chi connectivity index (χ1v) is 4.65. The number of hydrogen-bond acceptors (Lipinski definition) is 5. The van der Waals surface area contributed by atoms with Gasteiger partial charge in [-0.1, -0.05) is 5.16 Å². The first-order valence-electron chi connectivity index (χ1n) is 4.65. The van der Waals surface area contributed by atoms with E-state index in [1.807, 2.05) is 4.90 Å². The van der Waals surface area contributed by atoms with Crippen LogP contribution in [0.3, 0.4) is 0 Å². The van der Waals surface area contributed by atoms with Crippen molar-refractivity contribution in [2.75, 3.05) is 19.6 Å². The summed E-state index contributed by atoms with van der Waals surface area (Å²) in [5.41, 5.74) is 5.35. The second-order valence-electron chi connectivity index (χ2n) is 3.85. The van der Waals surface area contributed by atoms with Crippen molar-refractivity contribution in [1.82, 2.24) is 10.2 Å². The summed E-state index contributed by atoms with van der Waals surface area (Å²) in [4.78, 5) is 24.4. The van der Waals surface area contributed by atoms with Gasteiger partial charge in [0.15, 0.2) is 5.84 Å². The lowest BCUT2D eigenvalue weighted by atomic mass is 10.00. The zero-order valence-corrected chi connectivity index (χ0v) is 8.01. The standard InChI is InChI=1S/C8H12N4O3/c9-6(11-15)3-12-1-4-5(2-12)8(14)10-7(4)13/h4-5,15H,1-3H2,(H2,9,11)(H,10,13,14)/t4-,5-/m1/s1. The van der Waals surface area contributed by atoms with E-state index in [1.54, 1.807) is 0 Å². The van der Waals surface area contributed by atoms with Crippen LogP contribution >= 0.6 is 0 Å². The molecule has 7 nitrogen and oxygen atoms in total. The van der Waals surface area contributed by atoms with Gasteiger partial charge in [0.25, 0.3) is 0 Å². The minimum Gasteiger partial charge on any atom is -0.409 e. The maximum atomic E-state index is 11.3. The monoisotopic (exact) mass is 212 g/mol. The van der Waals surface area contributed by atoms with E-state index in [0.29, 0.717) is 13.1 Å². The van der Waals surface area contributed by atoms with Gasteiger partial charge in [-0.2, -0.15) is 0 Å². The molecule has 0 bridgehead atoms. The highest BCUT2D eigenvalue weighted by Crippen LogP contribution is 2.27. The molecule has 2 aliphatic heterocycles. The van der Waals surface area contributed by atoms with Crippen LogP contribution in [0.1, 0.15) is 0 Å². The van der Waals surface area contributed by atoms with Gasteiger partial charge < -0.3 is 10.9 Å². The van der Waals surface area contributed by atoms with E-state index in [9.17, 15) is 9.59 Å². The quantitative estimate of drug-likeness (QED) is 0.160. The van der Waals surface area contributed by atoms with Crippen LogP contribution < -0.4 is 11.1 Å². The average molecular weight is 212 g/mol. The van der Waals surface area contributed by atoms with E-state index in [4.69, 9.17) is 10.9 Å². The fraction of sp³-hybridized carbons (Fsp3) is 0.625. The summed E-state index contributed by atoms with van der Waals surface area (Å²) in [6.45, 7) is 1.25. The van der Waals surface area contributed by atoms with E-state index in [1.165, 1.54) is 0 Å². The van der Waals surface area contributed by atoms with Gasteiger partial charge in [-0.3, -0.25) is 19.8 Å². The fourth-order valence-electron chi connectivity index (χ4n) is 2.11. The molecule has 82 valence electrons. The first-order chi connectivity index (χ1) is 7.11. The Morgan fingerprint density at radius 2 is 2.00 bits per heavy atom. The molecule has 4 N–H and O–H groups in total. The smallest absolute Gasteiger partial charge is 0.231 e. The van der Waals surface area contributed by atoms with E-state index in [0.717, 1.165) is 0 Å². The van der Waals surface area contributed by atoms with Gasteiger partial charge in [0, 0.05) is 13.1 Å². The Balaban J connectivity index is 2.01. The number of amidine groups is 1. The molecule has 0 saturated carbocycles. The summed E-state index contributed by atoms with van der Waals surface area (Å²) in [5, 5.41) is 13.5. The van der Waals surface area contributed by atoms with Crippen molar-refractivity contribution in [2.24, 2.45) is 22.7 Å². The molecule has 0 aliphatic carbocycles. The second-order valence-corrected chi connectivity index (χ2v) is 3.85. The Morgan fingerprint density at radius 1 is 1.47 bits per heavy atom. The van der Waals surface area contributed by atoms with Gasteiger partial charge in [-0.15, -0.1) is 0 Å². The molecule has 2 rings (SSSR count). The van der Waals surface area contributed by atoms with Gasteiger partial charge in [0.1, 0.15) is 0 Å². The number of nitrogens with two attached hydrogens (primary N) is 1. The molecule has 2 atom stereocenters. The number of carbonyl (C=O) groups is 2. The summed E-state index contributed by atoms with van der Waals surface area (Å²) in [7, 11) is 0. The summed E-state index contributed by atoms with van der Waals surface area (Å²) in [5.74, 6) is -0.894. The minimum absolute atomic E-state index is 0.0860. The molecule has 2 fully saturated rings. The van der Waals surface area contributed by atoms with E-state index < -0.39 is 0 Å².